The Morgan fingerprint density at radius 1 is 1.43 bits per heavy atom. The third-order valence-electron chi connectivity index (χ3n) is 1.50. The number of carbonyl (C=O) groups is 1. The van der Waals surface area contributed by atoms with Gasteiger partial charge >= 0.3 is 5.97 Å². The van der Waals surface area contributed by atoms with E-state index >= 15 is 0 Å². The van der Waals surface area contributed by atoms with Crippen molar-refractivity contribution in [1.82, 2.24) is 0 Å². The van der Waals surface area contributed by atoms with Crippen LogP contribution in [0.2, 0.25) is 0 Å². The number of hydrogen-bond acceptors (Lipinski definition) is 2. The summed E-state index contributed by atoms with van der Waals surface area (Å²) in [7, 11) is 1.37. The van der Waals surface area contributed by atoms with Gasteiger partial charge in [-0.25, -0.2) is 4.79 Å². The summed E-state index contributed by atoms with van der Waals surface area (Å²) in [4.78, 5) is 10.8. The van der Waals surface area contributed by atoms with Gasteiger partial charge in [-0.1, -0.05) is 39.7 Å². The number of ether oxygens (including phenoxy) is 1. The molecule has 0 aromatic heterocycles. The number of methoxy groups -OCH3 is 1. The number of hydrogen-bond donors (Lipinski definition) is 0. The number of esters is 1. The number of allylic oxidation sites excluding steroid dienone is 5. The summed E-state index contributed by atoms with van der Waals surface area (Å²) in [5.74, 6) is -0.326. The molecule has 0 aromatic rings. The maximum Gasteiger partial charge on any atom is 0.330 e. The van der Waals surface area contributed by atoms with Crippen LogP contribution in [0.25, 0.3) is 0 Å². The van der Waals surface area contributed by atoms with Crippen LogP contribution < -0.4 is 0 Å². The second-order valence-corrected chi connectivity index (χ2v) is 3.48. The summed E-state index contributed by atoms with van der Waals surface area (Å²) in [6, 6.07) is 0. The molecule has 0 spiro atoms. The first-order chi connectivity index (χ1) is 6.60. The molecule has 0 aliphatic rings. The minimum Gasteiger partial charge on any atom is -0.466 e. The van der Waals surface area contributed by atoms with E-state index in [4.69, 9.17) is 0 Å². The smallest absolute Gasteiger partial charge is 0.330 e. The summed E-state index contributed by atoms with van der Waals surface area (Å²) in [6.07, 6.45) is 7.21. The van der Waals surface area contributed by atoms with Crippen LogP contribution in [0.1, 0.15) is 13.8 Å². The van der Waals surface area contributed by atoms with Gasteiger partial charge in [-0.15, -0.1) is 0 Å². The normalized spacial score (nSPS) is 13.4. The lowest BCUT2D eigenvalue weighted by molar-refractivity contribution is -0.134. The van der Waals surface area contributed by atoms with E-state index in [2.05, 4.69) is 20.7 Å². The van der Waals surface area contributed by atoms with Gasteiger partial charge < -0.3 is 4.74 Å². The predicted molar refractivity (Wildman–Crippen MR) is 62.5 cm³/mol. The Morgan fingerprint density at radius 3 is 2.57 bits per heavy atom. The topological polar surface area (TPSA) is 26.3 Å². The lowest BCUT2D eigenvalue weighted by Gasteiger charge is -1.92. The molecule has 0 aliphatic carbocycles. The number of alkyl halides is 1. The summed E-state index contributed by atoms with van der Waals surface area (Å²) >= 11 is 3.34. The van der Waals surface area contributed by atoms with Crippen LogP contribution in [0, 0.1) is 0 Å². The van der Waals surface area contributed by atoms with Gasteiger partial charge in [0.15, 0.2) is 0 Å². The minimum atomic E-state index is -0.326. The summed E-state index contributed by atoms with van der Waals surface area (Å²) in [6.45, 7) is 3.88. The highest BCUT2D eigenvalue weighted by molar-refractivity contribution is 9.09. The Morgan fingerprint density at radius 2 is 2.07 bits per heavy atom. The van der Waals surface area contributed by atoms with Crippen molar-refractivity contribution in [3.8, 4) is 0 Å². The second kappa shape index (κ2) is 7.56. The Kier molecular flexibility index (Phi) is 7.11. The van der Waals surface area contributed by atoms with Crippen LogP contribution in [0.3, 0.4) is 0 Å². The molecule has 0 unspecified atom stereocenters. The van der Waals surface area contributed by atoms with Crippen molar-refractivity contribution in [2.45, 2.75) is 13.8 Å². The van der Waals surface area contributed by atoms with Crippen molar-refractivity contribution in [3.05, 3.63) is 35.5 Å². The molecule has 0 fully saturated rings. The van der Waals surface area contributed by atoms with Gasteiger partial charge in [-0.2, -0.15) is 0 Å². The molecule has 3 heteroatoms. The molecule has 0 heterocycles. The van der Waals surface area contributed by atoms with Gasteiger partial charge in [-0.3, -0.25) is 0 Å². The molecule has 78 valence electrons. The van der Waals surface area contributed by atoms with Crippen LogP contribution in [-0.2, 0) is 9.53 Å². The highest BCUT2D eigenvalue weighted by Gasteiger charge is 1.92. The molecule has 14 heavy (non-hydrogen) atoms. The van der Waals surface area contributed by atoms with Crippen molar-refractivity contribution in [2.75, 3.05) is 12.4 Å². The van der Waals surface area contributed by atoms with E-state index in [1.165, 1.54) is 18.8 Å². The average Bonchev–Trinajstić information content (AvgIpc) is 2.17. The summed E-state index contributed by atoms with van der Waals surface area (Å²) in [5, 5.41) is 0.858. The average molecular weight is 259 g/mol. The number of carbonyl (C=O) groups excluding carboxylic acids is 1. The Hall–Kier alpha value is -0.830. The zero-order chi connectivity index (χ0) is 11.0. The van der Waals surface area contributed by atoms with Crippen LogP contribution in [0.15, 0.2) is 35.5 Å². The highest BCUT2D eigenvalue weighted by Crippen LogP contribution is 2.00. The molecule has 2 nitrogen and oxygen atoms in total. The molecule has 0 bridgehead atoms. The van der Waals surface area contributed by atoms with Gasteiger partial charge in [0, 0.05) is 11.4 Å². The number of halogens is 1. The molecule has 0 N–H and O–H groups in total. The molecule has 0 amide bonds. The lowest BCUT2D eigenvalue weighted by atomic mass is 10.2. The van der Waals surface area contributed by atoms with Crippen molar-refractivity contribution < 1.29 is 9.53 Å². The maximum atomic E-state index is 10.8. The molecule has 0 aromatic carbocycles. The van der Waals surface area contributed by atoms with E-state index in [1.54, 1.807) is 0 Å². The lowest BCUT2D eigenvalue weighted by Crippen LogP contribution is -1.94. The van der Waals surface area contributed by atoms with Crippen molar-refractivity contribution in [2.24, 2.45) is 0 Å². The zero-order valence-corrected chi connectivity index (χ0v) is 10.3. The minimum absolute atomic E-state index is 0.326. The quantitative estimate of drug-likeness (QED) is 0.336. The Balaban J connectivity index is 4.25. The molecule has 0 saturated heterocycles. The fraction of sp³-hybridized carbons (Fsp3) is 0.364. The van der Waals surface area contributed by atoms with Crippen LogP contribution >= 0.6 is 15.9 Å². The second-order valence-electron chi connectivity index (χ2n) is 2.92. The van der Waals surface area contributed by atoms with Crippen molar-refractivity contribution >= 4 is 21.9 Å². The Bertz CT molecular complexity index is 275. The van der Waals surface area contributed by atoms with Crippen molar-refractivity contribution in [3.63, 3.8) is 0 Å². The molecule has 0 saturated carbocycles. The van der Waals surface area contributed by atoms with Gasteiger partial charge in [0.05, 0.1) is 7.11 Å². The SMILES string of the molecule is COC(=O)C=C(C)C=CC=C(C)CBr. The molecule has 0 aliphatic heterocycles. The van der Waals surface area contributed by atoms with E-state index in [0.29, 0.717) is 0 Å². The van der Waals surface area contributed by atoms with Crippen LogP contribution in [0.4, 0.5) is 0 Å². The van der Waals surface area contributed by atoms with E-state index in [1.807, 2.05) is 32.1 Å². The van der Waals surface area contributed by atoms with E-state index in [9.17, 15) is 4.79 Å². The van der Waals surface area contributed by atoms with Gasteiger partial charge in [0.1, 0.15) is 0 Å². The van der Waals surface area contributed by atoms with Gasteiger partial charge in [0.2, 0.25) is 0 Å². The maximum absolute atomic E-state index is 10.8. The predicted octanol–water partition coefficient (Wildman–Crippen LogP) is 3.00. The van der Waals surface area contributed by atoms with Gasteiger partial charge in [0.25, 0.3) is 0 Å². The molecule has 0 atom stereocenters. The fourth-order valence-electron chi connectivity index (χ4n) is 0.702. The zero-order valence-electron chi connectivity index (χ0n) is 8.71. The molecule has 0 rings (SSSR count). The van der Waals surface area contributed by atoms with Gasteiger partial charge in [-0.05, 0) is 19.4 Å². The molecular formula is C11H15BrO2. The third kappa shape index (κ3) is 6.66. The molecular weight excluding hydrogens is 244 g/mol. The standard InChI is InChI=1S/C11H15BrO2/c1-9(7-11(13)14-3)5-4-6-10(2)8-12/h4-7H,8H2,1-3H3. The largest absolute Gasteiger partial charge is 0.466 e. The Labute approximate surface area is 93.5 Å². The molecule has 0 radical (unpaired) electrons. The monoisotopic (exact) mass is 258 g/mol. The first kappa shape index (κ1) is 13.2. The van der Waals surface area contributed by atoms with E-state index in [0.717, 1.165) is 10.9 Å². The first-order valence-corrected chi connectivity index (χ1v) is 5.38. The van der Waals surface area contributed by atoms with Crippen molar-refractivity contribution in [1.29, 1.82) is 0 Å². The van der Waals surface area contributed by atoms with Crippen LogP contribution in [0.5, 0.6) is 0 Å². The van der Waals surface area contributed by atoms with E-state index < -0.39 is 0 Å². The first-order valence-electron chi connectivity index (χ1n) is 4.26. The number of rotatable bonds is 4. The summed E-state index contributed by atoms with van der Waals surface area (Å²) < 4.78 is 4.50. The summed E-state index contributed by atoms with van der Waals surface area (Å²) in [5.41, 5.74) is 2.10. The highest BCUT2D eigenvalue weighted by atomic mass is 79.9. The fourth-order valence-corrected chi connectivity index (χ4v) is 0.889. The third-order valence-corrected chi connectivity index (χ3v) is 2.38. The van der Waals surface area contributed by atoms with E-state index in [-0.39, 0.29) is 5.97 Å². The van der Waals surface area contributed by atoms with Crippen LogP contribution in [-0.4, -0.2) is 18.4 Å².